The first-order valence-corrected chi connectivity index (χ1v) is 4.77. The van der Waals surface area contributed by atoms with Crippen LogP contribution in [0.25, 0.3) is 0 Å². The van der Waals surface area contributed by atoms with Crippen molar-refractivity contribution in [3.05, 3.63) is 0 Å². The van der Waals surface area contributed by atoms with Crippen LogP contribution in [-0.4, -0.2) is 25.2 Å². The lowest BCUT2D eigenvalue weighted by Crippen LogP contribution is -2.44. The minimum atomic E-state index is -0.117. The minimum Gasteiger partial charge on any atom is -0.368 e. The summed E-state index contributed by atoms with van der Waals surface area (Å²) in [6.07, 6.45) is 2.04. The lowest BCUT2D eigenvalue weighted by Gasteiger charge is -2.23. The topological polar surface area (TPSA) is 38.3 Å². The summed E-state index contributed by atoms with van der Waals surface area (Å²) in [4.78, 5) is 11.0. The van der Waals surface area contributed by atoms with Gasteiger partial charge in [0.1, 0.15) is 6.10 Å². The Kier molecular flexibility index (Phi) is 3.53. The molecule has 1 unspecified atom stereocenters. The van der Waals surface area contributed by atoms with E-state index in [1.807, 2.05) is 13.8 Å². The molecule has 2 aliphatic rings. The van der Waals surface area contributed by atoms with Gasteiger partial charge in [0.2, 0.25) is 5.91 Å². The predicted molar refractivity (Wildman–Crippen MR) is 46.8 cm³/mol. The Morgan fingerprint density at radius 2 is 2.17 bits per heavy atom. The third-order valence-electron chi connectivity index (χ3n) is 2.29. The molecule has 2 saturated heterocycles. The smallest absolute Gasteiger partial charge is 0.249 e. The second kappa shape index (κ2) is 4.45. The molecule has 1 amide bonds. The minimum absolute atomic E-state index is 0.0914. The van der Waals surface area contributed by atoms with Gasteiger partial charge >= 0.3 is 0 Å². The Balaban J connectivity index is 0.000000336. The fourth-order valence-corrected chi connectivity index (χ4v) is 1.70. The zero-order valence-electron chi connectivity index (χ0n) is 7.80. The van der Waals surface area contributed by atoms with Crippen LogP contribution in [0.4, 0.5) is 0 Å². The summed E-state index contributed by atoms with van der Waals surface area (Å²) in [7, 11) is 0. The highest BCUT2D eigenvalue weighted by molar-refractivity contribution is 5.82. The molecule has 0 aromatic carbocycles. The zero-order chi connectivity index (χ0) is 8.97. The van der Waals surface area contributed by atoms with Gasteiger partial charge in [0, 0.05) is 13.2 Å². The molecule has 2 fully saturated rings. The maximum atomic E-state index is 11.0. The van der Waals surface area contributed by atoms with Gasteiger partial charge in [-0.15, -0.1) is 0 Å². The third-order valence-corrected chi connectivity index (χ3v) is 2.29. The van der Waals surface area contributed by atoms with Crippen LogP contribution in [0.2, 0.25) is 0 Å². The number of carbonyl (C=O) groups excluding carboxylic acids is 1. The third kappa shape index (κ3) is 1.78. The molecule has 0 spiro atoms. The van der Waals surface area contributed by atoms with E-state index in [1.54, 1.807) is 0 Å². The van der Waals surface area contributed by atoms with E-state index < -0.39 is 0 Å². The Morgan fingerprint density at radius 1 is 1.42 bits per heavy atom. The fraction of sp³-hybridized carbons (Fsp3) is 0.889. The van der Waals surface area contributed by atoms with Gasteiger partial charge in [0.15, 0.2) is 0 Å². The van der Waals surface area contributed by atoms with Crippen LogP contribution in [0.3, 0.4) is 0 Å². The van der Waals surface area contributed by atoms with Crippen molar-refractivity contribution in [2.75, 3.05) is 13.2 Å². The van der Waals surface area contributed by atoms with Gasteiger partial charge in [-0.1, -0.05) is 13.8 Å². The van der Waals surface area contributed by atoms with Gasteiger partial charge < -0.3 is 10.1 Å². The summed E-state index contributed by atoms with van der Waals surface area (Å²) >= 11 is 0. The molecule has 2 atom stereocenters. The largest absolute Gasteiger partial charge is 0.368 e. The standard InChI is InChI=1S/C7H11NO2.C2H6/c9-7-6-5(1-3-8-7)2-4-10-6;1-2/h5-6H,1-4H2,(H,8,9);1-2H3/t5-,6?;/m0./s1. The van der Waals surface area contributed by atoms with E-state index in [4.69, 9.17) is 4.74 Å². The number of hydrogen-bond donors (Lipinski definition) is 1. The number of fused-ring (bicyclic) bond motifs is 1. The lowest BCUT2D eigenvalue weighted by molar-refractivity contribution is -0.133. The molecule has 70 valence electrons. The van der Waals surface area contributed by atoms with Gasteiger partial charge in [-0.25, -0.2) is 0 Å². The van der Waals surface area contributed by atoms with Crippen molar-refractivity contribution in [1.82, 2.24) is 5.32 Å². The highest BCUT2D eigenvalue weighted by Crippen LogP contribution is 2.26. The number of piperidine rings is 1. The van der Waals surface area contributed by atoms with E-state index >= 15 is 0 Å². The maximum absolute atomic E-state index is 11.0. The molecule has 3 heteroatoms. The van der Waals surface area contributed by atoms with Crippen LogP contribution in [0, 0.1) is 5.92 Å². The molecule has 0 bridgehead atoms. The van der Waals surface area contributed by atoms with Gasteiger partial charge in [-0.3, -0.25) is 4.79 Å². The molecule has 2 rings (SSSR count). The van der Waals surface area contributed by atoms with Crippen molar-refractivity contribution in [2.24, 2.45) is 5.92 Å². The fourth-order valence-electron chi connectivity index (χ4n) is 1.70. The SMILES string of the molecule is CC.O=C1NCC[C@H]2CCOC12. The summed E-state index contributed by atoms with van der Waals surface area (Å²) in [5, 5.41) is 2.79. The molecule has 1 N–H and O–H groups in total. The van der Waals surface area contributed by atoms with Crippen molar-refractivity contribution >= 4 is 5.91 Å². The highest BCUT2D eigenvalue weighted by atomic mass is 16.5. The van der Waals surface area contributed by atoms with E-state index in [2.05, 4.69) is 5.32 Å². The molecular weight excluding hydrogens is 154 g/mol. The molecule has 2 heterocycles. The van der Waals surface area contributed by atoms with Crippen molar-refractivity contribution < 1.29 is 9.53 Å². The maximum Gasteiger partial charge on any atom is 0.249 e. The van der Waals surface area contributed by atoms with Crippen LogP contribution in [0.1, 0.15) is 26.7 Å². The Morgan fingerprint density at radius 3 is 2.83 bits per heavy atom. The Hall–Kier alpha value is -0.570. The van der Waals surface area contributed by atoms with Gasteiger partial charge in [-0.05, 0) is 18.8 Å². The van der Waals surface area contributed by atoms with Crippen molar-refractivity contribution in [3.8, 4) is 0 Å². The van der Waals surface area contributed by atoms with Crippen LogP contribution >= 0.6 is 0 Å². The predicted octanol–water partition coefficient (Wildman–Crippen LogP) is 0.938. The molecule has 0 aromatic heterocycles. The lowest BCUT2D eigenvalue weighted by atomic mass is 9.94. The average Bonchev–Trinajstić information content (AvgIpc) is 2.57. The molecule has 2 aliphatic heterocycles. The van der Waals surface area contributed by atoms with E-state index in [1.165, 1.54) is 0 Å². The quantitative estimate of drug-likeness (QED) is 0.589. The molecule has 3 nitrogen and oxygen atoms in total. The number of ether oxygens (including phenoxy) is 1. The summed E-state index contributed by atoms with van der Waals surface area (Å²) in [6, 6.07) is 0. The van der Waals surface area contributed by atoms with E-state index in [-0.39, 0.29) is 12.0 Å². The summed E-state index contributed by atoms with van der Waals surface area (Å²) < 4.78 is 5.26. The first-order chi connectivity index (χ1) is 5.88. The number of rotatable bonds is 0. The highest BCUT2D eigenvalue weighted by Gasteiger charge is 2.36. The Bertz CT molecular complexity index is 159. The zero-order valence-corrected chi connectivity index (χ0v) is 7.80. The second-order valence-electron chi connectivity index (χ2n) is 2.92. The van der Waals surface area contributed by atoms with Crippen molar-refractivity contribution in [3.63, 3.8) is 0 Å². The first kappa shape index (κ1) is 9.52. The normalized spacial score (nSPS) is 33.0. The van der Waals surface area contributed by atoms with Crippen LogP contribution in [-0.2, 0) is 9.53 Å². The number of nitrogens with one attached hydrogen (secondary N) is 1. The number of hydrogen-bond acceptors (Lipinski definition) is 2. The van der Waals surface area contributed by atoms with Crippen molar-refractivity contribution in [2.45, 2.75) is 32.8 Å². The van der Waals surface area contributed by atoms with Crippen LogP contribution in [0.5, 0.6) is 0 Å². The molecule has 0 aromatic rings. The van der Waals surface area contributed by atoms with E-state index in [0.717, 1.165) is 26.0 Å². The molecular formula is C9H17NO2. The average molecular weight is 171 g/mol. The van der Waals surface area contributed by atoms with Crippen LogP contribution in [0.15, 0.2) is 0 Å². The number of carbonyl (C=O) groups is 1. The van der Waals surface area contributed by atoms with Crippen LogP contribution < -0.4 is 5.32 Å². The van der Waals surface area contributed by atoms with E-state index in [9.17, 15) is 4.79 Å². The summed E-state index contributed by atoms with van der Waals surface area (Å²) in [5.41, 5.74) is 0. The monoisotopic (exact) mass is 171 g/mol. The molecule has 0 saturated carbocycles. The van der Waals surface area contributed by atoms with Gasteiger partial charge in [-0.2, -0.15) is 0 Å². The second-order valence-corrected chi connectivity index (χ2v) is 2.92. The number of amides is 1. The van der Waals surface area contributed by atoms with E-state index in [0.29, 0.717) is 5.92 Å². The Labute approximate surface area is 73.5 Å². The molecule has 12 heavy (non-hydrogen) atoms. The first-order valence-electron chi connectivity index (χ1n) is 4.77. The molecule has 0 radical (unpaired) electrons. The summed E-state index contributed by atoms with van der Waals surface area (Å²) in [6.45, 7) is 5.60. The van der Waals surface area contributed by atoms with Gasteiger partial charge in [0.05, 0.1) is 0 Å². The van der Waals surface area contributed by atoms with Crippen molar-refractivity contribution in [1.29, 1.82) is 0 Å². The molecule has 0 aliphatic carbocycles. The summed E-state index contributed by atoms with van der Waals surface area (Å²) in [5.74, 6) is 0.600. The van der Waals surface area contributed by atoms with Gasteiger partial charge in [0.25, 0.3) is 0 Å².